The van der Waals surface area contributed by atoms with Gasteiger partial charge in [0.1, 0.15) is 6.10 Å². The minimum absolute atomic E-state index is 0.152. The monoisotopic (exact) mass is 790 g/mol. The molecule has 0 aliphatic carbocycles. The van der Waals surface area contributed by atoms with E-state index in [9.17, 15) is 20.1 Å². The van der Waals surface area contributed by atoms with Gasteiger partial charge in [0.15, 0.2) is 0 Å². The van der Waals surface area contributed by atoms with Gasteiger partial charge in [-0.15, -0.1) is 0 Å². The first-order valence-corrected chi connectivity index (χ1v) is 25.1. The lowest BCUT2D eigenvalue weighted by Crippen LogP contribution is -2.50. The summed E-state index contributed by atoms with van der Waals surface area (Å²) in [4.78, 5) is 12.5. The third kappa shape index (κ3) is 41.0. The highest BCUT2D eigenvalue weighted by Gasteiger charge is 2.26. The van der Waals surface area contributed by atoms with Crippen LogP contribution in [0.15, 0.2) is 24.3 Å². The zero-order chi connectivity index (χ0) is 40.8. The first-order chi connectivity index (χ1) is 27.6. The number of hydrogen-bond acceptors (Lipinski definition) is 4. The lowest BCUT2D eigenvalue weighted by molar-refractivity contribution is -0.124. The molecule has 0 aromatic carbocycles. The van der Waals surface area contributed by atoms with Gasteiger partial charge in [0, 0.05) is 6.42 Å². The zero-order valence-corrected chi connectivity index (χ0v) is 37.8. The van der Waals surface area contributed by atoms with Gasteiger partial charge in [0.2, 0.25) is 5.91 Å². The fraction of sp³-hybridized carbons (Fsp3) is 0.902. The van der Waals surface area contributed by atoms with E-state index >= 15 is 0 Å². The van der Waals surface area contributed by atoms with Gasteiger partial charge in [-0.05, 0) is 64.2 Å². The van der Waals surface area contributed by atoms with Gasteiger partial charge in [-0.3, -0.25) is 4.79 Å². The van der Waals surface area contributed by atoms with E-state index in [4.69, 9.17) is 0 Å². The number of allylic oxidation sites excluding steroid dienone is 4. The molecule has 332 valence electrons. The van der Waals surface area contributed by atoms with Crippen LogP contribution in [0.3, 0.4) is 0 Å². The van der Waals surface area contributed by atoms with E-state index in [1.54, 1.807) is 0 Å². The average Bonchev–Trinajstić information content (AvgIpc) is 3.20. The van der Waals surface area contributed by atoms with Crippen molar-refractivity contribution in [2.24, 2.45) is 0 Å². The summed E-state index contributed by atoms with van der Waals surface area (Å²) < 4.78 is 0. The van der Waals surface area contributed by atoms with E-state index in [0.29, 0.717) is 12.8 Å². The first kappa shape index (κ1) is 54.8. The Hall–Kier alpha value is -1.17. The molecular weight excluding hydrogens is 691 g/mol. The van der Waals surface area contributed by atoms with E-state index in [1.165, 1.54) is 205 Å². The molecule has 56 heavy (non-hydrogen) atoms. The third-order valence-electron chi connectivity index (χ3n) is 11.8. The number of carbonyl (C=O) groups is 1. The maximum atomic E-state index is 12.5. The van der Waals surface area contributed by atoms with E-state index < -0.39 is 18.2 Å². The number of hydrogen-bond donors (Lipinski definition) is 4. The highest BCUT2D eigenvalue weighted by molar-refractivity contribution is 5.76. The second-order valence-electron chi connectivity index (χ2n) is 17.4. The quantitative estimate of drug-likeness (QED) is 0.0365. The summed E-state index contributed by atoms with van der Waals surface area (Å²) in [5, 5.41) is 33.5. The smallest absolute Gasteiger partial charge is 0.220 e. The minimum Gasteiger partial charge on any atom is -0.394 e. The number of rotatable bonds is 46. The Labute approximate surface area is 350 Å². The summed E-state index contributed by atoms with van der Waals surface area (Å²) in [6.45, 7) is 4.18. The van der Waals surface area contributed by atoms with Crippen LogP contribution in [0, 0.1) is 0 Å². The highest BCUT2D eigenvalue weighted by Crippen LogP contribution is 2.16. The third-order valence-corrected chi connectivity index (χ3v) is 11.8. The summed E-state index contributed by atoms with van der Waals surface area (Å²) in [5.74, 6) is -0.152. The molecular formula is C51H99NO4. The molecule has 0 saturated carbocycles. The van der Waals surface area contributed by atoms with Gasteiger partial charge in [0.05, 0.1) is 18.8 Å². The van der Waals surface area contributed by atoms with Crippen LogP contribution in [0.2, 0.25) is 0 Å². The molecule has 5 nitrogen and oxygen atoms in total. The Kier molecular flexibility index (Phi) is 45.5. The molecule has 4 N–H and O–H groups in total. The Bertz CT molecular complexity index is 829. The van der Waals surface area contributed by atoms with Crippen molar-refractivity contribution < 1.29 is 20.1 Å². The van der Waals surface area contributed by atoms with Crippen LogP contribution in [0.25, 0.3) is 0 Å². The van der Waals surface area contributed by atoms with Crippen molar-refractivity contribution in [3.05, 3.63) is 24.3 Å². The van der Waals surface area contributed by atoms with Crippen LogP contribution in [-0.4, -0.2) is 46.1 Å². The van der Waals surface area contributed by atoms with Gasteiger partial charge < -0.3 is 20.6 Å². The summed E-state index contributed by atoms with van der Waals surface area (Å²) in [7, 11) is 0. The fourth-order valence-corrected chi connectivity index (χ4v) is 7.86. The van der Waals surface area contributed by atoms with Crippen molar-refractivity contribution in [3.8, 4) is 0 Å². The minimum atomic E-state index is -1.16. The first-order valence-electron chi connectivity index (χ1n) is 25.1. The lowest BCUT2D eigenvalue weighted by Gasteiger charge is -2.26. The van der Waals surface area contributed by atoms with Gasteiger partial charge in [-0.1, -0.05) is 224 Å². The largest absolute Gasteiger partial charge is 0.394 e. The van der Waals surface area contributed by atoms with Gasteiger partial charge in [0.25, 0.3) is 0 Å². The van der Waals surface area contributed by atoms with Crippen molar-refractivity contribution in [2.45, 2.75) is 289 Å². The summed E-state index contributed by atoms with van der Waals surface area (Å²) in [5.41, 5.74) is 0. The maximum Gasteiger partial charge on any atom is 0.220 e. The van der Waals surface area contributed by atoms with E-state index in [-0.39, 0.29) is 12.5 Å². The molecule has 0 radical (unpaired) electrons. The van der Waals surface area contributed by atoms with E-state index in [0.717, 1.165) is 38.5 Å². The second-order valence-corrected chi connectivity index (χ2v) is 17.4. The molecule has 0 spiro atoms. The van der Waals surface area contributed by atoms with E-state index in [2.05, 4.69) is 43.5 Å². The standard InChI is InChI=1S/C51H99NO4/c1-3-5-7-9-11-13-15-17-18-19-20-21-22-23-24-25-26-27-28-29-30-31-32-34-36-38-40-42-44-46-50(55)52-48(47-53)51(56)49(54)45-43-41-39-37-35-33-16-14-12-10-8-6-4-2/h23-24,37,39,48-49,51,53-54,56H,3-22,25-36,38,40-47H2,1-2H3,(H,52,55)/b24-23-,39-37+. The summed E-state index contributed by atoms with van der Waals surface area (Å²) >= 11 is 0. The van der Waals surface area contributed by atoms with Crippen LogP contribution in [-0.2, 0) is 4.79 Å². The zero-order valence-electron chi connectivity index (χ0n) is 37.8. The molecule has 0 aromatic heterocycles. The number of nitrogens with one attached hydrogen (secondary N) is 1. The van der Waals surface area contributed by atoms with Crippen molar-refractivity contribution in [1.29, 1.82) is 0 Å². The topological polar surface area (TPSA) is 89.8 Å². The SMILES string of the molecule is CCCCCCCCCC/C=C/CCCC(O)C(O)C(CO)NC(=O)CCCCCCCCCCCCCCC/C=C\CCCCCCCCCCCCCC. The Morgan fingerprint density at radius 1 is 0.429 bits per heavy atom. The predicted octanol–water partition coefficient (Wildman–Crippen LogP) is 14.9. The number of aliphatic hydroxyl groups excluding tert-OH is 3. The molecule has 0 heterocycles. The number of amides is 1. The van der Waals surface area contributed by atoms with Crippen LogP contribution >= 0.6 is 0 Å². The number of aliphatic hydroxyl groups is 3. The van der Waals surface area contributed by atoms with Crippen LogP contribution in [0.4, 0.5) is 0 Å². The van der Waals surface area contributed by atoms with Crippen molar-refractivity contribution in [1.82, 2.24) is 5.32 Å². The molecule has 0 aliphatic rings. The van der Waals surface area contributed by atoms with Crippen molar-refractivity contribution in [2.75, 3.05) is 6.61 Å². The van der Waals surface area contributed by atoms with Crippen molar-refractivity contribution >= 4 is 5.91 Å². The molecule has 3 unspecified atom stereocenters. The van der Waals surface area contributed by atoms with E-state index in [1.807, 2.05) is 0 Å². The lowest BCUT2D eigenvalue weighted by atomic mass is 10.0. The second kappa shape index (κ2) is 46.5. The molecule has 0 rings (SSSR count). The van der Waals surface area contributed by atoms with Crippen molar-refractivity contribution in [3.63, 3.8) is 0 Å². The highest BCUT2D eigenvalue weighted by atomic mass is 16.3. The van der Waals surface area contributed by atoms with Gasteiger partial charge in [-0.25, -0.2) is 0 Å². The summed E-state index contributed by atoms with van der Waals surface area (Å²) in [6, 6.07) is -0.823. The van der Waals surface area contributed by atoms with Gasteiger partial charge in [-0.2, -0.15) is 0 Å². The number of unbranched alkanes of at least 4 members (excludes halogenated alkanes) is 34. The molecule has 0 saturated heterocycles. The molecule has 0 fully saturated rings. The summed E-state index contributed by atoms with van der Waals surface area (Å²) in [6.07, 6.45) is 57.5. The average molecular weight is 790 g/mol. The molecule has 5 heteroatoms. The molecule has 1 amide bonds. The Morgan fingerprint density at radius 2 is 0.714 bits per heavy atom. The van der Waals surface area contributed by atoms with Crippen LogP contribution < -0.4 is 5.32 Å². The molecule has 0 aliphatic heterocycles. The van der Waals surface area contributed by atoms with Crippen LogP contribution in [0.5, 0.6) is 0 Å². The Morgan fingerprint density at radius 3 is 1.04 bits per heavy atom. The maximum absolute atomic E-state index is 12.5. The normalized spacial score (nSPS) is 13.6. The molecule has 0 bridgehead atoms. The Balaban J connectivity index is 3.53. The predicted molar refractivity (Wildman–Crippen MR) is 245 cm³/mol. The van der Waals surface area contributed by atoms with Gasteiger partial charge >= 0.3 is 0 Å². The molecule has 3 atom stereocenters. The van der Waals surface area contributed by atoms with Crippen LogP contribution in [0.1, 0.15) is 271 Å². The number of carbonyl (C=O) groups excluding carboxylic acids is 1. The fourth-order valence-electron chi connectivity index (χ4n) is 7.86. The molecule has 0 aromatic rings.